The zero-order valence-electron chi connectivity index (χ0n) is 10.7. The van der Waals surface area contributed by atoms with Crippen LogP contribution in [0.3, 0.4) is 0 Å². The van der Waals surface area contributed by atoms with Gasteiger partial charge in [-0.25, -0.2) is 0 Å². The number of nitrogens with one attached hydrogen (secondary N) is 1. The van der Waals surface area contributed by atoms with Gasteiger partial charge in [0.2, 0.25) is 0 Å². The molecule has 0 amide bonds. The van der Waals surface area contributed by atoms with Crippen LogP contribution in [0.1, 0.15) is 44.1 Å². The van der Waals surface area contributed by atoms with E-state index in [0.717, 1.165) is 11.8 Å². The molecule has 1 saturated heterocycles. The van der Waals surface area contributed by atoms with Crippen LogP contribution in [0, 0.1) is 5.92 Å². The number of benzene rings is 1. The second-order valence-electron chi connectivity index (χ2n) is 5.08. The molecule has 0 unspecified atom stereocenters. The van der Waals surface area contributed by atoms with Gasteiger partial charge in [0, 0.05) is 0 Å². The predicted molar refractivity (Wildman–Crippen MR) is 76.9 cm³/mol. The number of halogens is 1. The Labute approximate surface area is 111 Å². The van der Waals surface area contributed by atoms with Crippen LogP contribution in [-0.4, -0.2) is 13.1 Å². The SMILES string of the molecule is C[C@H](CCC1CCNCC1)c1ccccc1.Cl. The second-order valence-corrected chi connectivity index (χ2v) is 5.08. The molecule has 1 aromatic carbocycles. The number of piperidine rings is 1. The fraction of sp³-hybridized carbons (Fsp3) is 0.600. The molecular formula is C15H24ClN. The summed E-state index contributed by atoms with van der Waals surface area (Å²) in [4.78, 5) is 0. The molecule has 0 bridgehead atoms. The first-order valence-corrected chi connectivity index (χ1v) is 6.62. The summed E-state index contributed by atoms with van der Waals surface area (Å²) in [5.74, 6) is 1.68. The minimum absolute atomic E-state index is 0. The van der Waals surface area contributed by atoms with Gasteiger partial charge in [0.25, 0.3) is 0 Å². The Morgan fingerprint density at radius 3 is 2.47 bits per heavy atom. The molecule has 1 N–H and O–H groups in total. The molecule has 0 spiro atoms. The lowest BCUT2D eigenvalue weighted by molar-refractivity contribution is 0.339. The summed E-state index contributed by atoms with van der Waals surface area (Å²) < 4.78 is 0. The van der Waals surface area contributed by atoms with E-state index in [1.807, 2.05) is 0 Å². The van der Waals surface area contributed by atoms with E-state index >= 15 is 0 Å². The molecule has 1 fully saturated rings. The smallest absolute Gasteiger partial charge is 0.00463 e. The number of rotatable bonds is 4. The molecule has 0 radical (unpaired) electrons. The molecule has 2 rings (SSSR count). The highest BCUT2D eigenvalue weighted by Gasteiger charge is 2.14. The Morgan fingerprint density at radius 1 is 1.18 bits per heavy atom. The standard InChI is InChI=1S/C15H23N.ClH/c1-13(15-5-3-2-4-6-15)7-8-14-9-11-16-12-10-14;/h2-6,13-14,16H,7-12H2,1H3;1H/t13-;/m1./s1. The first-order chi connectivity index (χ1) is 7.86. The fourth-order valence-electron chi connectivity index (χ4n) is 2.60. The third-order valence-electron chi connectivity index (χ3n) is 3.84. The average molecular weight is 254 g/mol. The third-order valence-corrected chi connectivity index (χ3v) is 3.84. The van der Waals surface area contributed by atoms with Crippen molar-refractivity contribution in [2.45, 2.75) is 38.5 Å². The molecule has 1 aliphatic rings. The second kappa shape index (κ2) is 7.73. The highest BCUT2D eigenvalue weighted by atomic mass is 35.5. The van der Waals surface area contributed by atoms with E-state index in [1.54, 1.807) is 0 Å². The quantitative estimate of drug-likeness (QED) is 0.856. The molecule has 0 aromatic heterocycles. The van der Waals surface area contributed by atoms with Gasteiger partial charge >= 0.3 is 0 Å². The van der Waals surface area contributed by atoms with Crippen molar-refractivity contribution in [3.8, 4) is 0 Å². The Hall–Kier alpha value is -0.530. The van der Waals surface area contributed by atoms with Gasteiger partial charge < -0.3 is 5.32 Å². The Morgan fingerprint density at radius 2 is 1.82 bits per heavy atom. The summed E-state index contributed by atoms with van der Waals surface area (Å²) in [7, 11) is 0. The van der Waals surface area contributed by atoms with Gasteiger partial charge in [-0.2, -0.15) is 0 Å². The van der Waals surface area contributed by atoms with Crippen molar-refractivity contribution >= 4 is 12.4 Å². The third kappa shape index (κ3) is 4.69. The van der Waals surface area contributed by atoms with E-state index in [9.17, 15) is 0 Å². The summed E-state index contributed by atoms with van der Waals surface area (Å²) in [6.45, 7) is 4.81. The van der Waals surface area contributed by atoms with Gasteiger partial charge in [-0.3, -0.25) is 0 Å². The molecule has 17 heavy (non-hydrogen) atoms. The zero-order chi connectivity index (χ0) is 11.2. The van der Waals surface area contributed by atoms with Crippen molar-refractivity contribution in [2.75, 3.05) is 13.1 Å². The van der Waals surface area contributed by atoms with Crippen LogP contribution >= 0.6 is 12.4 Å². The van der Waals surface area contributed by atoms with Gasteiger partial charge in [0.05, 0.1) is 0 Å². The maximum atomic E-state index is 3.43. The van der Waals surface area contributed by atoms with Gasteiger partial charge in [-0.05, 0) is 56.2 Å². The molecule has 2 heteroatoms. The molecule has 0 saturated carbocycles. The van der Waals surface area contributed by atoms with Crippen LogP contribution < -0.4 is 5.32 Å². The first-order valence-electron chi connectivity index (χ1n) is 6.62. The van der Waals surface area contributed by atoms with Crippen molar-refractivity contribution in [1.82, 2.24) is 5.32 Å². The zero-order valence-corrected chi connectivity index (χ0v) is 11.5. The van der Waals surface area contributed by atoms with E-state index in [-0.39, 0.29) is 12.4 Å². The first kappa shape index (κ1) is 14.5. The van der Waals surface area contributed by atoms with E-state index < -0.39 is 0 Å². The largest absolute Gasteiger partial charge is 0.317 e. The average Bonchev–Trinajstić information content (AvgIpc) is 2.38. The predicted octanol–water partition coefficient (Wildman–Crippen LogP) is 3.99. The van der Waals surface area contributed by atoms with Crippen LogP contribution in [-0.2, 0) is 0 Å². The minimum atomic E-state index is 0. The number of hydrogen-bond donors (Lipinski definition) is 1. The van der Waals surface area contributed by atoms with Gasteiger partial charge in [-0.15, -0.1) is 12.4 Å². The van der Waals surface area contributed by atoms with Gasteiger partial charge in [-0.1, -0.05) is 37.3 Å². The molecule has 0 aliphatic carbocycles. The van der Waals surface area contributed by atoms with Gasteiger partial charge in [0.15, 0.2) is 0 Å². The molecule has 1 heterocycles. The van der Waals surface area contributed by atoms with E-state index in [0.29, 0.717) is 0 Å². The van der Waals surface area contributed by atoms with Crippen LogP contribution in [0.5, 0.6) is 0 Å². The lowest BCUT2D eigenvalue weighted by atomic mass is 9.87. The Kier molecular flexibility index (Phi) is 6.61. The monoisotopic (exact) mass is 253 g/mol. The summed E-state index contributed by atoms with van der Waals surface area (Å²) in [6.07, 6.45) is 5.50. The Balaban J connectivity index is 0.00000144. The van der Waals surface area contributed by atoms with Crippen LogP contribution in [0.25, 0.3) is 0 Å². The fourth-order valence-corrected chi connectivity index (χ4v) is 2.60. The van der Waals surface area contributed by atoms with E-state index in [4.69, 9.17) is 0 Å². The van der Waals surface area contributed by atoms with Crippen LogP contribution in [0.15, 0.2) is 30.3 Å². The lowest BCUT2D eigenvalue weighted by Crippen LogP contribution is -2.27. The molecule has 1 aromatic rings. The van der Waals surface area contributed by atoms with Crippen LogP contribution in [0.4, 0.5) is 0 Å². The molecule has 1 nitrogen and oxygen atoms in total. The van der Waals surface area contributed by atoms with Crippen molar-refractivity contribution in [3.63, 3.8) is 0 Å². The maximum absolute atomic E-state index is 3.43. The molecule has 1 atom stereocenters. The van der Waals surface area contributed by atoms with Crippen molar-refractivity contribution < 1.29 is 0 Å². The van der Waals surface area contributed by atoms with Crippen molar-refractivity contribution in [1.29, 1.82) is 0 Å². The minimum Gasteiger partial charge on any atom is -0.317 e. The summed E-state index contributed by atoms with van der Waals surface area (Å²) >= 11 is 0. The summed E-state index contributed by atoms with van der Waals surface area (Å²) in [5.41, 5.74) is 1.50. The van der Waals surface area contributed by atoms with Gasteiger partial charge in [0.1, 0.15) is 0 Å². The number of hydrogen-bond acceptors (Lipinski definition) is 1. The lowest BCUT2D eigenvalue weighted by Gasteiger charge is -2.23. The maximum Gasteiger partial charge on any atom is -0.00463 e. The van der Waals surface area contributed by atoms with E-state index in [2.05, 4.69) is 42.6 Å². The molecule has 1 aliphatic heterocycles. The highest BCUT2D eigenvalue weighted by Crippen LogP contribution is 2.25. The normalized spacial score (nSPS) is 18.4. The topological polar surface area (TPSA) is 12.0 Å². The Bertz CT molecular complexity index is 293. The van der Waals surface area contributed by atoms with Crippen molar-refractivity contribution in [2.24, 2.45) is 5.92 Å². The van der Waals surface area contributed by atoms with Crippen LogP contribution in [0.2, 0.25) is 0 Å². The summed E-state index contributed by atoms with van der Waals surface area (Å²) in [5, 5.41) is 3.43. The molecule has 96 valence electrons. The summed E-state index contributed by atoms with van der Waals surface area (Å²) in [6, 6.07) is 10.9. The highest BCUT2D eigenvalue weighted by molar-refractivity contribution is 5.85. The molecular weight excluding hydrogens is 230 g/mol. The van der Waals surface area contributed by atoms with E-state index in [1.165, 1.54) is 44.3 Å². The van der Waals surface area contributed by atoms with Crippen molar-refractivity contribution in [3.05, 3.63) is 35.9 Å².